The lowest BCUT2D eigenvalue weighted by Crippen LogP contribution is -2.54. The van der Waals surface area contributed by atoms with Gasteiger partial charge in [0.2, 0.25) is 23.6 Å². The molecule has 0 saturated carbocycles. The van der Waals surface area contributed by atoms with Crippen molar-refractivity contribution in [2.45, 2.75) is 79.0 Å². The van der Waals surface area contributed by atoms with Gasteiger partial charge in [0.25, 0.3) is 0 Å². The Hall–Kier alpha value is -4.13. The zero-order valence-corrected chi connectivity index (χ0v) is 31.2. The van der Waals surface area contributed by atoms with E-state index in [2.05, 4.69) is 62.8 Å². The molecule has 2 aliphatic rings. The van der Waals surface area contributed by atoms with Crippen LogP contribution in [0.2, 0.25) is 0 Å². The van der Waals surface area contributed by atoms with Crippen LogP contribution in [-0.2, 0) is 46.3 Å². The van der Waals surface area contributed by atoms with Crippen LogP contribution in [0.15, 0.2) is 60.7 Å². The number of rotatable bonds is 16. The number of ether oxygens (including phenoxy) is 2. The summed E-state index contributed by atoms with van der Waals surface area (Å²) in [7, 11) is 0. The third-order valence-corrected chi connectivity index (χ3v) is 7.17. The van der Waals surface area contributed by atoms with Crippen molar-refractivity contribution in [3.05, 3.63) is 71.8 Å². The van der Waals surface area contributed by atoms with Gasteiger partial charge in [-0.15, -0.1) is 0 Å². The van der Waals surface area contributed by atoms with Crippen LogP contribution in [0.3, 0.4) is 0 Å². The van der Waals surface area contributed by atoms with Crippen LogP contribution >= 0.6 is 0 Å². The summed E-state index contributed by atoms with van der Waals surface area (Å²) in [4.78, 5) is 65.7. The van der Waals surface area contributed by atoms with Gasteiger partial charge in [-0.2, -0.15) is 0 Å². The molecule has 12 heteroatoms. The molecule has 2 aliphatic heterocycles. The molecule has 4 N–H and O–H groups in total. The summed E-state index contributed by atoms with van der Waals surface area (Å²) >= 11 is 0. The minimum Gasteiger partial charge on any atom is -0.379 e. The molecule has 282 valence electrons. The first-order chi connectivity index (χ1) is 24.3. The second kappa shape index (κ2) is 24.1. The molecule has 4 rings (SSSR count). The molecule has 0 radical (unpaired) electrons. The highest BCUT2D eigenvalue weighted by atomic mass is 16.6. The number of carbonyl (C=O) groups is 5. The Bertz CT molecular complexity index is 1320. The van der Waals surface area contributed by atoms with E-state index in [1.165, 1.54) is 0 Å². The Morgan fingerprint density at radius 3 is 1.75 bits per heavy atom. The fraction of sp³-hybridized carbons (Fsp3) is 0.564. The highest BCUT2D eigenvalue weighted by molar-refractivity contribution is 5.95. The van der Waals surface area contributed by atoms with Gasteiger partial charge in [-0.25, -0.2) is 0 Å². The number of morpholine rings is 1. The first kappa shape index (κ1) is 43.0. The van der Waals surface area contributed by atoms with Crippen LogP contribution < -0.4 is 21.3 Å². The van der Waals surface area contributed by atoms with Crippen molar-refractivity contribution in [3.8, 4) is 0 Å². The lowest BCUT2D eigenvalue weighted by molar-refractivity contribution is -0.132. The number of epoxide rings is 1. The molecule has 0 bridgehead atoms. The monoisotopic (exact) mass is 709 g/mol. The third-order valence-electron chi connectivity index (χ3n) is 7.17. The summed E-state index contributed by atoms with van der Waals surface area (Å²) in [5.41, 5.74) is 1.83. The predicted octanol–water partition coefficient (Wildman–Crippen LogP) is 2.69. The fourth-order valence-corrected chi connectivity index (χ4v) is 4.67. The standard InChI is InChI=1S/C31H39N5O7.2C4H10/c37-26(27-21-43-27)18-32-31(41)25(17-23-9-5-2-6-10-23)35-28(38)19-33-30(40)24(12-11-22-7-3-1-4-8-22)34-29(39)20-36-13-15-42-16-14-36;2*1-4(2)3/h1-10,24-25,27H,11-21H2,(H,32,41)(H,33,40)(H,34,39)(H,35,38);2*4H,1-3H3/t24-,25-,27+;;/m0../s1. The molecule has 12 nitrogen and oxygen atoms in total. The first-order valence-electron chi connectivity index (χ1n) is 18.0. The van der Waals surface area contributed by atoms with Crippen LogP contribution in [0, 0.1) is 11.8 Å². The molecule has 2 fully saturated rings. The number of benzene rings is 2. The number of aryl methyl sites for hydroxylation is 1. The maximum absolute atomic E-state index is 13.2. The van der Waals surface area contributed by atoms with Gasteiger partial charge in [0.05, 0.1) is 39.5 Å². The largest absolute Gasteiger partial charge is 0.379 e. The van der Waals surface area contributed by atoms with E-state index in [9.17, 15) is 24.0 Å². The molecule has 2 aromatic carbocycles. The van der Waals surface area contributed by atoms with Crippen LogP contribution in [0.25, 0.3) is 0 Å². The van der Waals surface area contributed by atoms with Crippen LogP contribution in [-0.4, -0.2) is 105 Å². The summed E-state index contributed by atoms with van der Waals surface area (Å²) in [5, 5.41) is 10.7. The molecule has 0 aromatic heterocycles. The first-order valence-corrected chi connectivity index (χ1v) is 18.0. The van der Waals surface area contributed by atoms with E-state index >= 15 is 0 Å². The SMILES string of the molecule is CC(C)C.CC(C)C.O=C(CN1CCOCC1)N[C@@H](CCc1ccccc1)C(=O)NCC(=O)N[C@@H](Cc1ccccc1)C(=O)NCC(=O)[C@H]1CO1. The number of nitrogens with one attached hydrogen (secondary N) is 4. The average molecular weight is 710 g/mol. The maximum Gasteiger partial charge on any atom is 0.243 e. The molecule has 0 aliphatic carbocycles. The van der Waals surface area contributed by atoms with E-state index in [-0.39, 0.29) is 31.2 Å². The van der Waals surface area contributed by atoms with Gasteiger partial charge in [0.1, 0.15) is 18.2 Å². The number of ketones is 1. The number of carbonyl (C=O) groups excluding carboxylic acids is 5. The van der Waals surface area contributed by atoms with Gasteiger partial charge in [-0.3, -0.25) is 28.9 Å². The zero-order chi connectivity index (χ0) is 37.6. The Morgan fingerprint density at radius 1 is 0.706 bits per heavy atom. The van der Waals surface area contributed by atoms with Gasteiger partial charge in [0, 0.05) is 19.5 Å². The van der Waals surface area contributed by atoms with E-state index in [1.807, 2.05) is 65.6 Å². The van der Waals surface area contributed by atoms with Crippen LogP contribution in [0.5, 0.6) is 0 Å². The highest BCUT2D eigenvalue weighted by Gasteiger charge is 2.32. The minimum atomic E-state index is -0.971. The second-order valence-electron chi connectivity index (χ2n) is 14.0. The maximum atomic E-state index is 13.2. The highest BCUT2D eigenvalue weighted by Crippen LogP contribution is 2.10. The van der Waals surface area contributed by atoms with Gasteiger partial charge in [-0.1, -0.05) is 102 Å². The summed E-state index contributed by atoms with van der Waals surface area (Å²) in [6, 6.07) is 16.9. The van der Waals surface area contributed by atoms with Crippen LogP contribution in [0.1, 0.15) is 59.1 Å². The zero-order valence-electron chi connectivity index (χ0n) is 31.2. The molecule has 2 heterocycles. The number of Topliss-reactive ketones (excluding diaryl/α,β-unsaturated/α-hetero) is 1. The van der Waals surface area contributed by atoms with Gasteiger partial charge >= 0.3 is 0 Å². The Kier molecular flexibility index (Phi) is 20.4. The summed E-state index contributed by atoms with van der Waals surface area (Å²) < 4.78 is 10.3. The van der Waals surface area contributed by atoms with Crippen molar-refractivity contribution in [1.29, 1.82) is 0 Å². The molecule has 4 amide bonds. The number of hydrogen-bond donors (Lipinski definition) is 4. The molecule has 0 spiro atoms. The lowest BCUT2D eigenvalue weighted by atomic mass is 10.0. The van der Waals surface area contributed by atoms with E-state index in [0.29, 0.717) is 45.8 Å². The molecule has 51 heavy (non-hydrogen) atoms. The van der Waals surface area contributed by atoms with Gasteiger partial charge in [0.15, 0.2) is 5.78 Å². The van der Waals surface area contributed by atoms with Gasteiger partial charge in [-0.05, 0) is 35.8 Å². The number of nitrogens with zero attached hydrogens (tertiary/aromatic N) is 1. The molecule has 0 unspecified atom stereocenters. The van der Waals surface area contributed by atoms with Crippen molar-refractivity contribution in [1.82, 2.24) is 26.2 Å². The molecule has 2 aromatic rings. The second-order valence-corrected chi connectivity index (χ2v) is 14.0. The summed E-state index contributed by atoms with van der Waals surface area (Å²) in [5.74, 6) is -0.454. The fourth-order valence-electron chi connectivity index (χ4n) is 4.67. The quantitative estimate of drug-likeness (QED) is 0.194. The average Bonchev–Trinajstić information content (AvgIpc) is 3.94. The Morgan fingerprint density at radius 2 is 1.20 bits per heavy atom. The van der Waals surface area contributed by atoms with E-state index in [1.54, 1.807) is 0 Å². The van der Waals surface area contributed by atoms with Crippen molar-refractivity contribution in [3.63, 3.8) is 0 Å². The number of hydrogen-bond acceptors (Lipinski definition) is 8. The molecular weight excluding hydrogens is 650 g/mol. The van der Waals surface area contributed by atoms with E-state index in [4.69, 9.17) is 9.47 Å². The van der Waals surface area contributed by atoms with E-state index < -0.39 is 42.5 Å². The topological polar surface area (TPSA) is 158 Å². The predicted molar refractivity (Wildman–Crippen MR) is 198 cm³/mol. The molecule has 3 atom stereocenters. The van der Waals surface area contributed by atoms with Gasteiger partial charge < -0.3 is 30.7 Å². The Labute approximate surface area is 303 Å². The third kappa shape index (κ3) is 20.3. The van der Waals surface area contributed by atoms with Crippen molar-refractivity contribution < 1.29 is 33.4 Å². The molecular formula is C39H59N5O7. The van der Waals surface area contributed by atoms with Crippen molar-refractivity contribution >= 4 is 29.4 Å². The summed E-state index contributed by atoms with van der Waals surface area (Å²) in [6.45, 7) is 15.3. The van der Waals surface area contributed by atoms with Crippen molar-refractivity contribution in [2.24, 2.45) is 11.8 Å². The van der Waals surface area contributed by atoms with Crippen LogP contribution in [0.4, 0.5) is 0 Å². The van der Waals surface area contributed by atoms with Crippen molar-refractivity contribution in [2.75, 3.05) is 52.5 Å². The normalized spacial score (nSPS) is 16.3. The smallest absolute Gasteiger partial charge is 0.243 e. The summed E-state index contributed by atoms with van der Waals surface area (Å²) in [6.07, 6.45) is 0.594. The molecule has 2 saturated heterocycles. The Balaban J connectivity index is 0.00000102. The minimum absolute atomic E-state index is 0.143. The lowest BCUT2D eigenvalue weighted by Gasteiger charge is -2.27. The number of amides is 4. The van der Waals surface area contributed by atoms with E-state index in [0.717, 1.165) is 23.0 Å².